The molecule has 20 heavy (non-hydrogen) atoms. The summed E-state index contributed by atoms with van der Waals surface area (Å²) in [6, 6.07) is 10.8. The quantitative estimate of drug-likeness (QED) is 0.900. The van der Waals surface area contributed by atoms with E-state index >= 15 is 0 Å². The molecule has 110 valence electrons. The minimum absolute atomic E-state index is 0.845. The number of rotatable bonds is 4. The summed E-state index contributed by atoms with van der Waals surface area (Å²) in [6.07, 6.45) is 0. The topological polar surface area (TPSA) is 18.5 Å². The first-order chi connectivity index (χ1) is 9.81. The van der Waals surface area contributed by atoms with Crippen LogP contribution in [0.25, 0.3) is 0 Å². The van der Waals surface area contributed by atoms with E-state index in [2.05, 4.69) is 52.4 Å². The molecule has 2 atom stereocenters. The lowest BCUT2D eigenvalue weighted by molar-refractivity contribution is 0.110. The number of benzene rings is 1. The van der Waals surface area contributed by atoms with Gasteiger partial charge in [0, 0.05) is 39.3 Å². The predicted molar refractivity (Wildman–Crippen MR) is 83.7 cm³/mol. The van der Waals surface area contributed by atoms with Gasteiger partial charge >= 0.3 is 0 Å². The summed E-state index contributed by atoms with van der Waals surface area (Å²) < 4.78 is 0. The molecule has 2 aliphatic heterocycles. The van der Waals surface area contributed by atoms with Crippen molar-refractivity contribution >= 4 is 0 Å². The molecule has 3 heteroatoms. The van der Waals surface area contributed by atoms with Crippen molar-refractivity contribution in [3.63, 3.8) is 0 Å². The summed E-state index contributed by atoms with van der Waals surface area (Å²) in [5.74, 6) is 1.70. The van der Waals surface area contributed by atoms with E-state index in [0.717, 1.165) is 18.4 Å². The van der Waals surface area contributed by atoms with Crippen molar-refractivity contribution in [1.82, 2.24) is 15.1 Å². The first-order valence-corrected chi connectivity index (χ1v) is 8.00. The van der Waals surface area contributed by atoms with E-state index in [1.165, 1.54) is 51.4 Å². The maximum absolute atomic E-state index is 3.52. The van der Waals surface area contributed by atoms with Gasteiger partial charge in [0.05, 0.1) is 0 Å². The number of nitrogens with zero attached hydrogens (tertiary/aromatic N) is 2. The lowest BCUT2D eigenvalue weighted by Crippen LogP contribution is -2.47. The molecule has 3 rings (SSSR count). The number of piperazine rings is 1. The molecule has 2 unspecified atom stereocenters. The van der Waals surface area contributed by atoms with E-state index in [4.69, 9.17) is 0 Å². The second kappa shape index (κ2) is 6.70. The maximum Gasteiger partial charge on any atom is 0.0234 e. The molecule has 2 fully saturated rings. The molecule has 0 spiro atoms. The summed E-state index contributed by atoms with van der Waals surface area (Å²) in [5, 5.41) is 3.52. The highest BCUT2D eigenvalue weighted by atomic mass is 15.3. The minimum Gasteiger partial charge on any atom is -0.316 e. The minimum atomic E-state index is 0.845. The van der Waals surface area contributed by atoms with E-state index < -0.39 is 0 Å². The van der Waals surface area contributed by atoms with E-state index in [9.17, 15) is 0 Å². The Bertz CT molecular complexity index is 398. The van der Waals surface area contributed by atoms with Crippen LogP contribution >= 0.6 is 0 Å². The predicted octanol–water partition coefficient (Wildman–Crippen LogP) is 1.66. The molecule has 0 saturated carbocycles. The van der Waals surface area contributed by atoms with Crippen molar-refractivity contribution in [1.29, 1.82) is 0 Å². The molecule has 1 N–H and O–H groups in total. The number of nitrogens with one attached hydrogen (secondary N) is 1. The van der Waals surface area contributed by atoms with Gasteiger partial charge in [-0.3, -0.25) is 4.90 Å². The van der Waals surface area contributed by atoms with Crippen molar-refractivity contribution in [3.05, 3.63) is 35.9 Å². The third-order valence-electron chi connectivity index (χ3n) is 4.88. The lowest BCUT2D eigenvalue weighted by atomic mass is 9.97. The molecule has 1 aromatic carbocycles. The zero-order chi connectivity index (χ0) is 13.8. The summed E-state index contributed by atoms with van der Waals surface area (Å²) in [4.78, 5) is 5.25. The van der Waals surface area contributed by atoms with Crippen LogP contribution in [0.1, 0.15) is 12.5 Å². The Morgan fingerprint density at radius 3 is 2.35 bits per heavy atom. The Balaban J connectivity index is 1.43. The van der Waals surface area contributed by atoms with Crippen LogP contribution in [0.15, 0.2) is 30.3 Å². The van der Waals surface area contributed by atoms with Gasteiger partial charge in [0.15, 0.2) is 0 Å². The van der Waals surface area contributed by atoms with Gasteiger partial charge in [-0.2, -0.15) is 0 Å². The molecule has 0 amide bonds. The van der Waals surface area contributed by atoms with E-state index in [1.54, 1.807) is 0 Å². The van der Waals surface area contributed by atoms with Crippen LogP contribution in [-0.2, 0) is 6.54 Å². The Morgan fingerprint density at radius 2 is 1.70 bits per heavy atom. The summed E-state index contributed by atoms with van der Waals surface area (Å²) in [7, 11) is 0. The molecule has 0 aromatic heterocycles. The largest absolute Gasteiger partial charge is 0.316 e. The fourth-order valence-corrected chi connectivity index (χ4v) is 3.41. The highest BCUT2D eigenvalue weighted by molar-refractivity contribution is 5.14. The molecule has 3 nitrogen and oxygen atoms in total. The van der Waals surface area contributed by atoms with Crippen molar-refractivity contribution in [3.8, 4) is 0 Å². The Hall–Kier alpha value is -0.900. The fourth-order valence-electron chi connectivity index (χ4n) is 3.41. The second-order valence-corrected chi connectivity index (χ2v) is 6.46. The van der Waals surface area contributed by atoms with Crippen molar-refractivity contribution in [2.24, 2.45) is 11.8 Å². The van der Waals surface area contributed by atoms with Crippen LogP contribution in [0.3, 0.4) is 0 Å². The summed E-state index contributed by atoms with van der Waals surface area (Å²) >= 11 is 0. The zero-order valence-corrected chi connectivity index (χ0v) is 12.6. The highest BCUT2D eigenvalue weighted by Crippen LogP contribution is 2.18. The van der Waals surface area contributed by atoms with E-state index in [1.807, 2.05) is 0 Å². The normalized spacial score (nSPS) is 28.9. The monoisotopic (exact) mass is 273 g/mol. The fraction of sp³-hybridized carbons (Fsp3) is 0.647. The molecule has 1 aromatic rings. The SMILES string of the molecule is CC1CNCC1CN1CCN(Cc2ccccc2)CC1. The van der Waals surface area contributed by atoms with Gasteiger partial charge < -0.3 is 10.2 Å². The first kappa shape index (κ1) is 14.1. The van der Waals surface area contributed by atoms with Crippen LogP contribution in [0.2, 0.25) is 0 Å². The Kier molecular flexibility index (Phi) is 4.71. The van der Waals surface area contributed by atoms with Gasteiger partial charge in [-0.25, -0.2) is 0 Å². The number of hydrogen-bond donors (Lipinski definition) is 1. The van der Waals surface area contributed by atoms with Gasteiger partial charge in [0.25, 0.3) is 0 Å². The standard InChI is InChI=1S/C17H27N3/c1-15-11-18-12-17(15)14-20-9-7-19(8-10-20)13-16-5-3-2-4-6-16/h2-6,15,17-18H,7-14H2,1H3. The molecule has 0 radical (unpaired) electrons. The average molecular weight is 273 g/mol. The van der Waals surface area contributed by atoms with Gasteiger partial charge in [-0.05, 0) is 30.5 Å². The van der Waals surface area contributed by atoms with Gasteiger partial charge in [-0.15, -0.1) is 0 Å². The van der Waals surface area contributed by atoms with Crippen molar-refractivity contribution in [2.45, 2.75) is 13.5 Å². The van der Waals surface area contributed by atoms with Crippen LogP contribution < -0.4 is 5.32 Å². The van der Waals surface area contributed by atoms with Crippen molar-refractivity contribution in [2.75, 3.05) is 45.8 Å². The van der Waals surface area contributed by atoms with E-state index in [-0.39, 0.29) is 0 Å². The molecule has 2 aliphatic rings. The second-order valence-electron chi connectivity index (χ2n) is 6.46. The molecule has 0 aliphatic carbocycles. The van der Waals surface area contributed by atoms with Crippen LogP contribution in [0.4, 0.5) is 0 Å². The average Bonchev–Trinajstić information content (AvgIpc) is 2.88. The third kappa shape index (κ3) is 3.60. The van der Waals surface area contributed by atoms with Gasteiger partial charge in [0.1, 0.15) is 0 Å². The lowest BCUT2D eigenvalue weighted by Gasteiger charge is -2.36. The Morgan fingerprint density at radius 1 is 1.00 bits per heavy atom. The van der Waals surface area contributed by atoms with Gasteiger partial charge in [0.2, 0.25) is 0 Å². The molecular weight excluding hydrogens is 246 g/mol. The van der Waals surface area contributed by atoms with Crippen LogP contribution in [0.5, 0.6) is 0 Å². The summed E-state index contributed by atoms with van der Waals surface area (Å²) in [5.41, 5.74) is 1.44. The molecule has 2 saturated heterocycles. The molecule has 2 heterocycles. The maximum atomic E-state index is 3.52. The van der Waals surface area contributed by atoms with Crippen LogP contribution in [0, 0.1) is 11.8 Å². The third-order valence-corrected chi connectivity index (χ3v) is 4.88. The number of hydrogen-bond acceptors (Lipinski definition) is 3. The van der Waals surface area contributed by atoms with Crippen LogP contribution in [-0.4, -0.2) is 55.6 Å². The smallest absolute Gasteiger partial charge is 0.0234 e. The Labute approximate surface area is 123 Å². The van der Waals surface area contributed by atoms with Gasteiger partial charge in [-0.1, -0.05) is 37.3 Å². The highest BCUT2D eigenvalue weighted by Gasteiger charge is 2.26. The van der Waals surface area contributed by atoms with Crippen molar-refractivity contribution < 1.29 is 0 Å². The van der Waals surface area contributed by atoms with E-state index in [0.29, 0.717) is 0 Å². The first-order valence-electron chi connectivity index (χ1n) is 8.00. The zero-order valence-electron chi connectivity index (χ0n) is 12.6. The molecule has 0 bridgehead atoms. The molecular formula is C17H27N3. The summed E-state index contributed by atoms with van der Waals surface area (Å²) in [6.45, 7) is 12.1.